The molecule has 0 aromatic rings. The summed E-state index contributed by atoms with van der Waals surface area (Å²) in [6, 6.07) is 0.216. The van der Waals surface area contributed by atoms with Crippen molar-refractivity contribution in [3.05, 3.63) is 0 Å². The van der Waals surface area contributed by atoms with E-state index in [9.17, 15) is 8.42 Å². The van der Waals surface area contributed by atoms with Gasteiger partial charge in [-0.1, -0.05) is 0 Å². The number of nitrogens with two attached hydrogens (primary N) is 1. The van der Waals surface area contributed by atoms with E-state index < -0.39 is 9.84 Å². The molecule has 2 aliphatic rings. The minimum atomic E-state index is -2.78. The summed E-state index contributed by atoms with van der Waals surface area (Å²) < 4.78 is 23.0. The van der Waals surface area contributed by atoms with E-state index in [0.29, 0.717) is 18.1 Å². The molecule has 0 amide bonds. The lowest BCUT2D eigenvalue weighted by Crippen LogP contribution is -2.53. The average Bonchev–Trinajstić information content (AvgIpc) is 2.82. The third kappa shape index (κ3) is 2.50. The normalized spacial score (nSPS) is 38.0. The lowest BCUT2D eigenvalue weighted by Gasteiger charge is -2.36. The van der Waals surface area contributed by atoms with Crippen molar-refractivity contribution in [3.8, 4) is 0 Å². The van der Waals surface area contributed by atoms with E-state index in [1.165, 1.54) is 0 Å². The quantitative estimate of drug-likeness (QED) is 0.716. The van der Waals surface area contributed by atoms with Crippen molar-refractivity contribution in [1.29, 1.82) is 0 Å². The molecule has 6 heteroatoms. The molecule has 2 atom stereocenters. The summed E-state index contributed by atoms with van der Waals surface area (Å²) >= 11 is 0. The first-order valence-electron chi connectivity index (χ1n) is 6.20. The van der Waals surface area contributed by atoms with Gasteiger partial charge in [-0.2, -0.15) is 0 Å². The summed E-state index contributed by atoms with van der Waals surface area (Å²) in [4.78, 5) is 4.51. The molecule has 0 bridgehead atoms. The fourth-order valence-corrected chi connectivity index (χ4v) is 4.74. The highest BCUT2D eigenvalue weighted by Crippen LogP contribution is 2.29. The van der Waals surface area contributed by atoms with Gasteiger partial charge >= 0.3 is 0 Å². The third-order valence-electron chi connectivity index (χ3n) is 4.42. The van der Waals surface area contributed by atoms with Crippen molar-refractivity contribution < 1.29 is 8.42 Å². The van der Waals surface area contributed by atoms with Crippen LogP contribution in [0.4, 0.5) is 0 Å². The smallest absolute Gasteiger partial charge is 0.151 e. The Kier molecular flexibility index (Phi) is 3.51. The summed E-state index contributed by atoms with van der Waals surface area (Å²) in [7, 11) is 1.33. The van der Waals surface area contributed by atoms with Gasteiger partial charge in [0, 0.05) is 31.2 Å². The van der Waals surface area contributed by atoms with Gasteiger partial charge in [0.15, 0.2) is 9.84 Å². The summed E-state index contributed by atoms with van der Waals surface area (Å²) in [6.07, 6.45) is 1.82. The van der Waals surface area contributed by atoms with Crippen LogP contribution in [0.2, 0.25) is 0 Å². The van der Waals surface area contributed by atoms with Crippen LogP contribution in [0.3, 0.4) is 0 Å². The van der Waals surface area contributed by atoms with Crippen LogP contribution >= 0.6 is 0 Å². The first kappa shape index (κ1) is 13.3. The zero-order valence-corrected chi connectivity index (χ0v) is 11.5. The van der Waals surface area contributed by atoms with Crippen molar-refractivity contribution in [2.45, 2.75) is 24.4 Å². The van der Waals surface area contributed by atoms with Gasteiger partial charge in [0.05, 0.1) is 11.5 Å². The molecule has 2 rings (SSSR count). The van der Waals surface area contributed by atoms with Gasteiger partial charge in [0.25, 0.3) is 0 Å². The predicted molar refractivity (Wildman–Crippen MR) is 68.7 cm³/mol. The maximum Gasteiger partial charge on any atom is 0.151 e. The molecule has 5 nitrogen and oxygen atoms in total. The fraction of sp³-hybridized carbons (Fsp3) is 1.00. The molecule has 0 aromatic carbocycles. The maximum absolute atomic E-state index is 11.5. The molecule has 0 radical (unpaired) electrons. The number of rotatable bonds is 3. The zero-order chi connectivity index (χ0) is 12.7. The minimum absolute atomic E-state index is 0.0341. The maximum atomic E-state index is 11.5. The van der Waals surface area contributed by atoms with Crippen molar-refractivity contribution in [2.75, 3.05) is 45.2 Å². The molecule has 2 N–H and O–H groups in total. The third-order valence-corrected chi connectivity index (χ3v) is 6.17. The predicted octanol–water partition coefficient (Wildman–Crippen LogP) is -0.862. The minimum Gasteiger partial charge on any atom is -0.329 e. The van der Waals surface area contributed by atoms with Gasteiger partial charge in [0.1, 0.15) is 0 Å². The molecule has 2 unspecified atom stereocenters. The summed E-state index contributed by atoms with van der Waals surface area (Å²) in [6.45, 7) is 2.50. The molecule has 2 fully saturated rings. The van der Waals surface area contributed by atoms with Gasteiger partial charge < -0.3 is 10.6 Å². The van der Waals surface area contributed by atoms with Gasteiger partial charge in [-0.3, -0.25) is 4.90 Å². The molecule has 2 aliphatic heterocycles. The lowest BCUT2D eigenvalue weighted by atomic mass is 9.97. The second-order valence-electron chi connectivity index (χ2n) is 5.60. The van der Waals surface area contributed by atoms with Crippen molar-refractivity contribution >= 4 is 9.84 Å². The first-order valence-corrected chi connectivity index (χ1v) is 8.03. The number of likely N-dealkylation sites (N-methyl/N-ethyl adjacent to an activating group) is 1. The van der Waals surface area contributed by atoms with Crippen molar-refractivity contribution in [3.63, 3.8) is 0 Å². The zero-order valence-electron chi connectivity index (χ0n) is 10.7. The molecule has 100 valence electrons. The lowest BCUT2D eigenvalue weighted by molar-refractivity contribution is 0.149. The van der Waals surface area contributed by atoms with Crippen LogP contribution in [-0.2, 0) is 9.84 Å². The van der Waals surface area contributed by atoms with Crippen LogP contribution in [0.15, 0.2) is 0 Å². The van der Waals surface area contributed by atoms with E-state index in [1.807, 2.05) is 0 Å². The molecular formula is C11H23N3O2S. The molecular weight excluding hydrogens is 238 g/mol. The molecule has 17 heavy (non-hydrogen) atoms. The number of hydrogen-bond donors (Lipinski definition) is 1. The SMILES string of the molecule is CN(C)C1(CN)CCN(C2CCS(=O)(=O)C2)C1. The number of nitrogens with zero attached hydrogens (tertiary/aromatic N) is 2. The summed E-state index contributed by atoms with van der Waals surface area (Å²) in [5.74, 6) is 0.687. The van der Waals surface area contributed by atoms with E-state index in [2.05, 4.69) is 23.9 Å². The van der Waals surface area contributed by atoms with Crippen LogP contribution in [-0.4, -0.2) is 75.0 Å². The highest BCUT2D eigenvalue weighted by Gasteiger charge is 2.43. The van der Waals surface area contributed by atoms with E-state index in [4.69, 9.17) is 5.73 Å². The van der Waals surface area contributed by atoms with E-state index in [0.717, 1.165) is 25.9 Å². The summed E-state index contributed by atoms with van der Waals surface area (Å²) in [5.41, 5.74) is 5.93. The first-order chi connectivity index (χ1) is 7.88. The van der Waals surface area contributed by atoms with Crippen LogP contribution in [0, 0.1) is 0 Å². The highest BCUT2D eigenvalue weighted by atomic mass is 32.2. The molecule has 0 spiro atoms. The molecule has 0 saturated carbocycles. The Bertz CT molecular complexity index is 382. The number of hydrogen-bond acceptors (Lipinski definition) is 5. The molecule has 0 aliphatic carbocycles. The Morgan fingerprint density at radius 1 is 1.47 bits per heavy atom. The van der Waals surface area contributed by atoms with Crippen molar-refractivity contribution in [1.82, 2.24) is 9.80 Å². The second-order valence-corrected chi connectivity index (χ2v) is 7.83. The van der Waals surface area contributed by atoms with Crippen molar-refractivity contribution in [2.24, 2.45) is 5.73 Å². The van der Waals surface area contributed by atoms with Gasteiger partial charge in [-0.15, -0.1) is 0 Å². The van der Waals surface area contributed by atoms with E-state index in [-0.39, 0.29) is 11.6 Å². The molecule has 2 saturated heterocycles. The largest absolute Gasteiger partial charge is 0.329 e. The Morgan fingerprint density at radius 3 is 2.59 bits per heavy atom. The number of likely N-dealkylation sites (tertiary alicyclic amines) is 1. The average molecular weight is 261 g/mol. The fourth-order valence-electron chi connectivity index (χ4n) is 2.98. The van der Waals surface area contributed by atoms with E-state index >= 15 is 0 Å². The van der Waals surface area contributed by atoms with E-state index in [1.54, 1.807) is 0 Å². The van der Waals surface area contributed by atoms with Gasteiger partial charge in [0.2, 0.25) is 0 Å². The molecule has 2 heterocycles. The van der Waals surface area contributed by atoms with Gasteiger partial charge in [-0.05, 0) is 26.9 Å². The Balaban J connectivity index is 2.03. The Labute approximate surface area is 104 Å². The van der Waals surface area contributed by atoms with Crippen LogP contribution < -0.4 is 5.73 Å². The highest BCUT2D eigenvalue weighted by molar-refractivity contribution is 7.91. The summed E-state index contributed by atoms with van der Waals surface area (Å²) in [5, 5.41) is 0. The monoisotopic (exact) mass is 261 g/mol. The Hall–Kier alpha value is -0.170. The Morgan fingerprint density at radius 2 is 2.18 bits per heavy atom. The number of sulfone groups is 1. The van der Waals surface area contributed by atoms with Crippen LogP contribution in [0.25, 0.3) is 0 Å². The topological polar surface area (TPSA) is 66.6 Å². The standard InChI is InChI=1S/C11H23N3O2S/c1-13(2)11(8-12)4-5-14(9-11)10-3-6-17(15,16)7-10/h10H,3-9,12H2,1-2H3. The van der Waals surface area contributed by atoms with Crippen LogP contribution in [0.1, 0.15) is 12.8 Å². The van der Waals surface area contributed by atoms with Gasteiger partial charge in [-0.25, -0.2) is 8.42 Å². The molecule has 0 aromatic heterocycles. The second kappa shape index (κ2) is 4.50. The van der Waals surface area contributed by atoms with Crippen LogP contribution in [0.5, 0.6) is 0 Å².